The molecule has 11 nitrogen and oxygen atoms in total. The molecule has 3 saturated heterocycles. The van der Waals surface area contributed by atoms with E-state index in [1.54, 1.807) is 7.11 Å². The predicted molar refractivity (Wildman–Crippen MR) is 115 cm³/mol. The van der Waals surface area contributed by atoms with Gasteiger partial charge in [0.2, 0.25) is 11.8 Å². The lowest BCUT2D eigenvalue weighted by Crippen LogP contribution is -2.45. The van der Waals surface area contributed by atoms with E-state index < -0.39 is 43.9 Å². The molecule has 2 aromatic carbocycles. The summed E-state index contributed by atoms with van der Waals surface area (Å²) in [4.78, 5) is 51.3. The number of nitrogens with zero attached hydrogens (tertiary/aromatic N) is 2. The first-order chi connectivity index (χ1) is 16.3. The molecule has 2 N–H and O–H groups in total. The van der Waals surface area contributed by atoms with Crippen molar-refractivity contribution in [2.24, 2.45) is 22.9 Å². The zero-order valence-corrected chi connectivity index (χ0v) is 18.6. The van der Waals surface area contributed by atoms with Crippen LogP contribution in [-0.2, 0) is 23.7 Å². The first kappa shape index (κ1) is 21.3. The lowest BCUT2D eigenvalue weighted by Gasteiger charge is -2.26. The van der Waals surface area contributed by atoms with Gasteiger partial charge in [-0.05, 0) is 48.5 Å². The lowest BCUT2D eigenvalue weighted by atomic mass is 9.71. The van der Waals surface area contributed by atoms with Crippen molar-refractivity contribution in [2.75, 3.05) is 12.0 Å². The van der Waals surface area contributed by atoms with Gasteiger partial charge in [-0.2, -0.15) is 0 Å². The van der Waals surface area contributed by atoms with E-state index in [4.69, 9.17) is 24.1 Å². The molecule has 2 aromatic rings. The molecule has 34 heavy (non-hydrogen) atoms. The third-order valence-corrected chi connectivity index (χ3v) is 7.19. The molecule has 4 aliphatic rings. The number of carbonyl (C=O) groups excluding carboxylic acids is 2. The van der Waals surface area contributed by atoms with Gasteiger partial charge in [0.05, 0.1) is 42.4 Å². The maximum atomic E-state index is 13.4. The van der Waals surface area contributed by atoms with Gasteiger partial charge >= 0.3 is 7.82 Å². The summed E-state index contributed by atoms with van der Waals surface area (Å²) in [5.41, 5.74) is 1.79. The number of ether oxygens (including phenoxy) is 2. The second-order valence-electron chi connectivity index (χ2n) is 8.51. The number of carbonyl (C=O) groups is 2. The highest BCUT2D eigenvalue weighted by atomic mass is 31.2. The molecule has 0 spiro atoms. The third kappa shape index (κ3) is 3.08. The molecular weight excluding hydrogens is 467 g/mol. The third-order valence-electron chi connectivity index (χ3n) is 6.75. The van der Waals surface area contributed by atoms with Crippen LogP contribution in [0.1, 0.15) is 5.56 Å². The molecule has 0 radical (unpaired) electrons. The van der Waals surface area contributed by atoms with Gasteiger partial charge in [-0.3, -0.25) is 19.4 Å². The number of methoxy groups -OCH3 is 1. The summed E-state index contributed by atoms with van der Waals surface area (Å²) < 4.78 is 26.9. The van der Waals surface area contributed by atoms with Gasteiger partial charge in [-0.1, -0.05) is 5.16 Å². The number of fused-ring (bicyclic) bond motifs is 8. The maximum absolute atomic E-state index is 13.4. The van der Waals surface area contributed by atoms with E-state index in [9.17, 15) is 14.2 Å². The predicted octanol–water partition coefficient (Wildman–Crippen LogP) is 1.47. The van der Waals surface area contributed by atoms with Crippen molar-refractivity contribution in [3.05, 3.63) is 54.1 Å². The number of hydrogen-bond donors (Lipinski definition) is 2. The van der Waals surface area contributed by atoms with Crippen LogP contribution in [0, 0.1) is 17.8 Å². The van der Waals surface area contributed by atoms with Gasteiger partial charge in [0.1, 0.15) is 17.6 Å². The summed E-state index contributed by atoms with van der Waals surface area (Å²) in [5, 5.41) is 4.26. The van der Waals surface area contributed by atoms with Gasteiger partial charge in [0.15, 0.2) is 6.10 Å². The number of anilines is 1. The fourth-order valence-electron chi connectivity index (χ4n) is 5.41. The zero-order chi connectivity index (χ0) is 23.8. The van der Waals surface area contributed by atoms with Crippen molar-refractivity contribution in [3.8, 4) is 11.5 Å². The molecule has 2 bridgehead atoms. The van der Waals surface area contributed by atoms with Crippen molar-refractivity contribution < 1.29 is 42.8 Å². The van der Waals surface area contributed by atoms with Gasteiger partial charge in [0.25, 0.3) is 0 Å². The van der Waals surface area contributed by atoms with Gasteiger partial charge in [-0.15, -0.1) is 0 Å². The Balaban J connectivity index is 1.27. The quantitative estimate of drug-likeness (QED) is 0.474. The van der Waals surface area contributed by atoms with E-state index in [0.29, 0.717) is 11.5 Å². The summed E-state index contributed by atoms with van der Waals surface area (Å²) in [6.45, 7) is 0. The normalized spacial score (nSPS) is 31.3. The Hall–Kier alpha value is -3.24. The summed E-state index contributed by atoms with van der Waals surface area (Å²) in [7, 11) is -3.14. The van der Waals surface area contributed by atoms with Crippen LogP contribution >= 0.6 is 7.82 Å². The van der Waals surface area contributed by atoms with Crippen LogP contribution in [0.15, 0.2) is 53.7 Å². The Morgan fingerprint density at radius 3 is 2.12 bits per heavy atom. The lowest BCUT2D eigenvalue weighted by molar-refractivity contribution is -0.125. The standard InChI is InChI=1S/C22H19N2O9P/c1-30-12-6-2-10(3-7-12)17-16-18-14-15(19(31-18)20(16)32-23-17)22(26)24(21(14)25)11-4-8-13(9-5-11)33-34(27,28)29/h2-9,14-16,18-20H,1H3,(H2,27,28,29). The van der Waals surface area contributed by atoms with Crippen LogP contribution in [0.5, 0.6) is 11.5 Å². The molecule has 6 rings (SSSR count). The average molecular weight is 486 g/mol. The molecule has 12 heteroatoms. The fraction of sp³-hybridized carbons (Fsp3) is 0.318. The van der Waals surface area contributed by atoms with E-state index in [1.165, 1.54) is 24.3 Å². The Labute approximate surface area is 193 Å². The average Bonchev–Trinajstić information content (AvgIpc) is 3.54. The van der Waals surface area contributed by atoms with Crippen molar-refractivity contribution >= 4 is 31.0 Å². The first-order valence-corrected chi connectivity index (χ1v) is 12.1. The number of rotatable bonds is 5. The minimum Gasteiger partial charge on any atom is -0.497 e. The number of benzene rings is 2. The largest absolute Gasteiger partial charge is 0.524 e. The Morgan fingerprint density at radius 2 is 1.50 bits per heavy atom. The minimum atomic E-state index is -4.72. The van der Waals surface area contributed by atoms with Crippen LogP contribution in [0.25, 0.3) is 0 Å². The second kappa shape index (κ2) is 7.38. The van der Waals surface area contributed by atoms with E-state index >= 15 is 0 Å². The van der Waals surface area contributed by atoms with E-state index in [0.717, 1.165) is 10.5 Å². The topological polar surface area (TPSA) is 144 Å². The number of imide groups is 1. The van der Waals surface area contributed by atoms with Crippen molar-refractivity contribution in [1.82, 2.24) is 0 Å². The molecular formula is C22H19N2O9P. The van der Waals surface area contributed by atoms with Crippen LogP contribution in [-0.4, -0.2) is 52.7 Å². The van der Waals surface area contributed by atoms with Crippen LogP contribution in [0.4, 0.5) is 5.69 Å². The molecule has 0 saturated carbocycles. The Kier molecular flexibility index (Phi) is 4.62. The van der Waals surface area contributed by atoms with Crippen LogP contribution in [0.3, 0.4) is 0 Å². The van der Waals surface area contributed by atoms with Gasteiger partial charge in [-0.25, -0.2) is 9.46 Å². The number of phosphoric ester groups is 1. The zero-order valence-electron chi connectivity index (χ0n) is 17.7. The number of hydrogen-bond acceptors (Lipinski definition) is 8. The molecule has 6 unspecified atom stereocenters. The molecule has 176 valence electrons. The van der Waals surface area contributed by atoms with Crippen LogP contribution < -0.4 is 14.2 Å². The summed E-state index contributed by atoms with van der Waals surface area (Å²) in [6, 6.07) is 12.8. The molecule has 6 atom stereocenters. The fourth-order valence-corrected chi connectivity index (χ4v) is 5.80. The van der Waals surface area contributed by atoms with Crippen LogP contribution in [0.2, 0.25) is 0 Å². The molecule has 3 fully saturated rings. The number of oxime groups is 1. The summed E-state index contributed by atoms with van der Waals surface area (Å²) >= 11 is 0. The van der Waals surface area contributed by atoms with Crippen molar-refractivity contribution in [3.63, 3.8) is 0 Å². The van der Waals surface area contributed by atoms with Crippen molar-refractivity contribution in [2.45, 2.75) is 18.3 Å². The molecule has 0 aliphatic carbocycles. The summed E-state index contributed by atoms with van der Waals surface area (Å²) in [5.74, 6) is -1.80. The SMILES string of the molecule is COc1ccc(C2=NOC3C4OC(C23)C2C(=O)N(c3ccc(OP(=O)(O)O)cc3)C(=O)C42)cc1. The summed E-state index contributed by atoms with van der Waals surface area (Å²) in [6.07, 6.45) is -1.61. The molecule has 2 amide bonds. The number of amides is 2. The highest BCUT2D eigenvalue weighted by Gasteiger charge is 2.72. The Morgan fingerprint density at radius 1 is 0.882 bits per heavy atom. The second-order valence-corrected chi connectivity index (χ2v) is 9.67. The Bertz CT molecular complexity index is 1260. The van der Waals surface area contributed by atoms with E-state index in [1.807, 2.05) is 24.3 Å². The van der Waals surface area contributed by atoms with Gasteiger partial charge in [0, 0.05) is 5.56 Å². The number of phosphoric acid groups is 1. The van der Waals surface area contributed by atoms with Gasteiger partial charge < -0.3 is 18.8 Å². The first-order valence-electron chi connectivity index (χ1n) is 10.5. The smallest absolute Gasteiger partial charge is 0.497 e. The molecule has 4 heterocycles. The van der Waals surface area contributed by atoms with Crippen molar-refractivity contribution in [1.29, 1.82) is 0 Å². The highest BCUT2D eigenvalue weighted by Crippen LogP contribution is 2.55. The van der Waals surface area contributed by atoms with E-state index in [2.05, 4.69) is 9.68 Å². The molecule has 0 aromatic heterocycles. The minimum absolute atomic E-state index is 0.0805. The monoisotopic (exact) mass is 486 g/mol. The molecule has 4 aliphatic heterocycles. The van der Waals surface area contributed by atoms with E-state index in [-0.39, 0.29) is 23.3 Å². The maximum Gasteiger partial charge on any atom is 0.524 e. The highest BCUT2D eigenvalue weighted by molar-refractivity contribution is 7.46.